The molecule has 5 heteroatoms. The molecule has 1 atom stereocenters. The second-order valence-electron chi connectivity index (χ2n) is 5.16. The summed E-state index contributed by atoms with van der Waals surface area (Å²) in [5.41, 5.74) is -0.827. The van der Waals surface area contributed by atoms with Gasteiger partial charge < -0.3 is 14.7 Å². The van der Waals surface area contributed by atoms with Gasteiger partial charge in [-0.15, -0.1) is 0 Å². The third-order valence-electron chi connectivity index (χ3n) is 3.19. The van der Waals surface area contributed by atoms with Crippen molar-refractivity contribution in [3.05, 3.63) is 30.1 Å². The number of β-amino-alcohol motifs (C(OH)–C–C–N with tert-alkyl or cyclic N) is 1. The van der Waals surface area contributed by atoms with Crippen LogP contribution in [-0.4, -0.2) is 41.2 Å². The molecule has 1 aliphatic rings. The number of nitrogens with zero attached hydrogens (tertiary/aromatic N) is 1. The number of aliphatic hydroxyl groups is 1. The van der Waals surface area contributed by atoms with Crippen LogP contribution >= 0.6 is 0 Å². The molecular weight excluding hydrogens is 249 g/mol. The van der Waals surface area contributed by atoms with Crippen LogP contribution in [-0.2, 0) is 4.79 Å². The molecule has 0 saturated carbocycles. The Morgan fingerprint density at radius 3 is 3.05 bits per heavy atom. The number of rotatable bonds is 3. The SMILES string of the molecule is CC1(O)CCCN(C(=O)COc2cccc(F)c2)C1. The molecule has 0 spiro atoms. The Bertz CT molecular complexity index is 462. The lowest BCUT2D eigenvalue weighted by atomic mass is 9.95. The lowest BCUT2D eigenvalue weighted by Gasteiger charge is -2.36. The molecule has 0 aromatic heterocycles. The molecule has 19 heavy (non-hydrogen) atoms. The van der Waals surface area contributed by atoms with Crippen LogP contribution in [0.15, 0.2) is 24.3 Å². The number of piperidine rings is 1. The second-order valence-corrected chi connectivity index (χ2v) is 5.16. The second kappa shape index (κ2) is 5.57. The first-order valence-electron chi connectivity index (χ1n) is 6.35. The first-order chi connectivity index (χ1) is 8.96. The van der Waals surface area contributed by atoms with Gasteiger partial charge in [-0.2, -0.15) is 0 Å². The molecule has 1 aliphatic heterocycles. The summed E-state index contributed by atoms with van der Waals surface area (Å²) in [5, 5.41) is 9.93. The van der Waals surface area contributed by atoms with Crippen molar-refractivity contribution in [3.63, 3.8) is 0 Å². The van der Waals surface area contributed by atoms with Crippen LogP contribution in [0, 0.1) is 5.82 Å². The Hall–Kier alpha value is -1.62. The van der Waals surface area contributed by atoms with Gasteiger partial charge in [-0.25, -0.2) is 4.39 Å². The minimum Gasteiger partial charge on any atom is -0.484 e. The van der Waals surface area contributed by atoms with Crippen LogP contribution in [0.5, 0.6) is 5.75 Å². The highest BCUT2D eigenvalue weighted by atomic mass is 19.1. The Kier molecular flexibility index (Phi) is 4.04. The van der Waals surface area contributed by atoms with Gasteiger partial charge >= 0.3 is 0 Å². The van der Waals surface area contributed by atoms with E-state index in [0.717, 1.165) is 6.42 Å². The molecule has 0 radical (unpaired) electrons. The van der Waals surface area contributed by atoms with Gasteiger partial charge in [0.2, 0.25) is 0 Å². The van der Waals surface area contributed by atoms with Crippen molar-refractivity contribution in [2.75, 3.05) is 19.7 Å². The number of hydrogen-bond donors (Lipinski definition) is 1. The minimum absolute atomic E-state index is 0.139. The van der Waals surface area contributed by atoms with E-state index in [0.29, 0.717) is 25.3 Å². The predicted molar refractivity (Wildman–Crippen MR) is 68.3 cm³/mol. The number of likely N-dealkylation sites (tertiary alicyclic amines) is 1. The Balaban J connectivity index is 1.87. The molecule has 1 aromatic rings. The highest BCUT2D eigenvalue weighted by molar-refractivity contribution is 5.78. The van der Waals surface area contributed by atoms with Crippen molar-refractivity contribution in [1.82, 2.24) is 4.90 Å². The van der Waals surface area contributed by atoms with Crippen LogP contribution in [0.25, 0.3) is 0 Å². The van der Waals surface area contributed by atoms with E-state index in [2.05, 4.69) is 0 Å². The van der Waals surface area contributed by atoms with Crippen molar-refractivity contribution in [1.29, 1.82) is 0 Å². The van der Waals surface area contributed by atoms with E-state index in [1.54, 1.807) is 17.9 Å². The maximum absolute atomic E-state index is 12.9. The van der Waals surface area contributed by atoms with Crippen LogP contribution in [0.3, 0.4) is 0 Å². The van der Waals surface area contributed by atoms with Crippen molar-refractivity contribution in [3.8, 4) is 5.75 Å². The lowest BCUT2D eigenvalue weighted by molar-refractivity contribution is -0.139. The molecule has 4 nitrogen and oxygen atoms in total. The Morgan fingerprint density at radius 1 is 1.58 bits per heavy atom. The molecule has 1 aromatic carbocycles. The topological polar surface area (TPSA) is 49.8 Å². The molecular formula is C14H18FNO3. The lowest BCUT2D eigenvalue weighted by Crippen LogP contribution is -2.49. The number of benzene rings is 1. The standard InChI is InChI=1S/C14H18FNO3/c1-14(18)6-3-7-16(10-14)13(17)9-19-12-5-2-4-11(15)8-12/h2,4-5,8,18H,3,6-7,9-10H2,1H3. The summed E-state index contributed by atoms with van der Waals surface area (Å²) < 4.78 is 18.2. The van der Waals surface area contributed by atoms with E-state index < -0.39 is 11.4 Å². The highest BCUT2D eigenvalue weighted by Crippen LogP contribution is 2.20. The van der Waals surface area contributed by atoms with Gasteiger partial charge in [-0.3, -0.25) is 4.79 Å². The first kappa shape index (κ1) is 13.8. The summed E-state index contributed by atoms with van der Waals surface area (Å²) >= 11 is 0. The average molecular weight is 267 g/mol. The van der Waals surface area contributed by atoms with Crippen molar-refractivity contribution in [2.45, 2.75) is 25.4 Å². The van der Waals surface area contributed by atoms with Crippen molar-refractivity contribution < 1.29 is 19.0 Å². The molecule has 1 heterocycles. The van der Waals surface area contributed by atoms with Gasteiger partial charge in [0.25, 0.3) is 5.91 Å². The predicted octanol–water partition coefficient (Wildman–Crippen LogP) is 1.58. The monoisotopic (exact) mass is 267 g/mol. The molecule has 2 rings (SSSR count). The molecule has 1 N–H and O–H groups in total. The molecule has 104 valence electrons. The fourth-order valence-corrected chi connectivity index (χ4v) is 2.23. The molecule has 0 aliphatic carbocycles. The van der Waals surface area contributed by atoms with Crippen molar-refractivity contribution >= 4 is 5.91 Å². The van der Waals surface area contributed by atoms with Gasteiger partial charge in [0.1, 0.15) is 11.6 Å². The van der Waals surface area contributed by atoms with Crippen LogP contribution in [0.1, 0.15) is 19.8 Å². The van der Waals surface area contributed by atoms with E-state index >= 15 is 0 Å². The summed E-state index contributed by atoms with van der Waals surface area (Å²) in [5.74, 6) is -0.257. The van der Waals surface area contributed by atoms with Gasteiger partial charge in [0.05, 0.1) is 5.60 Å². The Labute approximate surface area is 111 Å². The third kappa shape index (κ3) is 3.92. The van der Waals surface area contributed by atoms with Crippen LogP contribution in [0.2, 0.25) is 0 Å². The van der Waals surface area contributed by atoms with Gasteiger partial charge in [0, 0.05) is 19.2 Å². The van der Waals surface area contributed by atoms with Gasteiger partial charge in [0.15, 0.2) is 6.61 Å². The molecule has 1 amide bonds. The summed E-state index contributed by atoms with van der Waals surface area (Å²) in [7, 11) is 0. The van der Waals surface area contributed by atoms with E-state index in [-0.39, 0.29) is 12.5 Å². The molecule has 1 unspecified atom stereocenters. The summed E-state index contributed by atoms with van der Waals surface area (Å²) in [6.45, 7) is 2.53. The van der Waals surface area contributed by atoms with Crippen LogP contribution in [0.4, 0.5) is 4.39 Å². The molecule has 1 fully saturated rings. The molecule has 0 bridgehead atoms. The van der Waals surface area contributed by atoms with E-state index in [1.165, 1.54) is 18.2 Å². The normalized spacial score (nSPS) is 23.2. The number of carbonyl (C=O) groups excluding carboxylic acids is 1. The number of hydrogen-bond acceptors (Lipinski definition) is 3. The zero-order valence-corrected chi connectivity index (χ0v) is 10.9. The summed E-state index contributed by atoms with van der Waals surface area (Å²) in [6, 6.07) is 5.68. The fourth-order valence-electron chi connectivity index (χ4n) is 2.23. The number of amides is 1. The summed E-state index contributed by atoms with van der Waals surface area (Å²) in [6.07, 6.45) is 1.47. The van der Waals surface area contributed by atoms with E-state index in [4.69, 9.17) is 4.74 Å². The van der Waals surface area contributed by atoms with E-state index in [1.807, 2.05) is 0 Å². The fraction of sp³-hybridized carbons (Fsp3) is 0.500. The first-order valence-corrected chi connectivity index (χ1v) is 6.35. The summed E-state index contributed by atoms with van der Waals surface area (Å²) in [4.78, 5) is 13.5. The maximum atomic E-state index is 12.9. The maximum Gasteiger partial charge on any atom is 0.260 e. The van der Waals surface area contributed by atoms with Gasteiger partial charge in [-0.1, -0.05) is 6.07 Å². The number of ether oxygens (including phenoxy) is 1. The average Bonchev–Trinajstić information content (AvgIpc) is 2.35. The van der Waals surface area contributed by atoms with Crippen molar-refractivity contribution in [2.24, 2.45) is 0 Å². The van der Waals surface area contributed by atoms with Crippen LogP contribution < -0.4 is 4.74 Å². The van der Waals surface area contributed by atoms with E-state index in [9.17, 15) is 14.3 Å². The number of halogens is 1. The largest absolute Gasteiger partial charge is 0.484 e. The van der Waals surface area contributed by atoms with Gasteiger partial charge in [-0.05, 0) is 31.9 Å². The quantitative estimate of drug-likeness (QED) is 0.904. The third-order valence-corrected chi connectivity index (χ3v) is 3.19. The zero-order valence-electron chi connectivity index (χ0n) is 10.9. The smallest absolute Gasteiger partial charge is 0.260 e. The minimum atomic E-state index is -0.827. The molecule has 1 saturated heterocycles. The Morgan fingerprint density at radius 2 is 2.37 bits per heavy atom. The zero-order chi connectivity index (χ0) is 13.9. The highest BCUT2D eigenvalue weighted by Gasteiger charge is 2.30. The number of carbonyl (C=O) groups is 1.